The van der Waals surface area contributed by atoms with Gasteiger partial charge in [0.2, 0.25) is 5.91 Å². The lowest BCUT2D eigenvalue weighted by Gasteiger charge is -2.06. The van der Waals surface area contributed by atoms with E-state index in [4.69, 9.17) is 17.3 Å². The number of nitrogens with one attached hydrogen (secondary N) is 2. The minimum absolute atomic E-state index is 0.326. The van der Waals surface area contributed by atoms with Crippen LogP contribution in [0.5, 0.6) is 0 Å². The summed E-state index contributed by atoms with van der Waals surface area (Å²) in [5.74, 6) is 0.0847. The molecule has 4 N–H and O–H groups in total. The number of hydrogen-bond donors (Lipinski definition) is 3. The van der Waals surface area contributed by atoms with Gasteiger partial charge >= 0.3 is 6.03 Å². The van der Waals surface area contributed by atoms with Crippen LogP contribution in [0, 0.1) is 12.8 Å². The molecule has 138 valence electrons. The van der Waals surface area contributed by atoms with Gasteiger partial charge in [0.1, 0.15) is 5.15 Å². The Morgan fingerprint density at radius 1 is 1.31 bits per heavy atom. The molecule has 0 aliphatic carbocycles. The van der Waals surface area contributed by atoms with Crippen molar-refractivity contribution < 1.29 is 9.59 Å². The van der Waals surface area contributed by atoms with Gasteiger partial charge in [0.15, 0.2) is 0 Å². The van der Waals surface area contributed by atoms with E-state index in [-0.39, 0.29) is 5.91 Å². The van der Waals surface area contributed by atoms with Gasteiger partial charge < -0.3 is 16.4 Å². The number of primary amides is 1. The number of anilines is 2. The number of amides is 3. The number of nitrogens with two attached hydrogens (primary N) is 1. The Kier molecular flexibility index (Phi) is 6.41. The molecule has 0 bridgehead atoms. The Labute approximate surface area is 157 Å². The molecule has 1 aromatic heterocycles. The first-order valence-corrected chi connectivity index (χ1v) is 8.52. The first-order chi connectivity index (χ1) is 12.3. The molecule has 0 atom stereocenters. The van der Waals surface area contributed by atoms with Gasteiger partial charge in [0, 0.05) is 29.6 Å². The predicted molar refractivity (Wildman–Crippen MR) is 104 cm³/mol. The molecule has 8 heteroatoms. The lowest BCUT2D eigenvalue weighted by atomic mass is 10.2. The number of nitrogens with zero attached hydrogens (tertiary/aromatic N) is 2. The maximum absolute atomic E-state index is 12.1. The number of hydrogen-bond acceptors (Lipinski definition) is 3. The fourth-order valence-electron chi connectivity index (χ4n) is 2.38. The smallest absolute Gasteiger partial charge is 0.316 e. The summed E-state index contributed by atoms with van der Waals surface area (Å²) in [6.45, 7) is 6.72. The first kappa shape index (κ1) is 19.5. The van der Waals surface area contributed by atoms with Crippen LogP contribution in [0.2, 0.25) is 5.15 Å². The molecular formula is C18H22ClN5O2. The Morgan fingerprint density at radius 3 is 2.58 bits per heavy atom. The number of carbonyl (C=O) groups is 2. The van der Waals surface area contributed by atoms with E-state index >= 15 is 0 Å². The number of aryl methyl sites for hydroxylation is 1. The van der Waals surface area contributed by atoms with E-state index in [0.29, 0.717) is 34.6 Å². The van der Waals surface area contributed by atoms with Crippen molar-refractivity contribution >= 4 is 41.0 Å². The van der Waals surface area contributed by atoms with E-state index in [1.54, 1.807) is 35.0 Å². The topological polar surface area (TPSA) is 102 Å². The highest BCUT2D eigenvalue weighted by atomic mass is 35.5. The quantitative estimate of drug-likeness (QED) is 0.671. The van der Waals surface area contributed by atoms with Gasteiger partial charge in [-0.05, 0) is 37.1 Å². The van der Waals surface area contributed by atoms with Crippen LogP contribution in [-0.4, -0.2) is 21.7 Å². The SMILES string of the molecule is Cc1nn(CC(C)C)c(Cl)c1/C=C/C(=O)Nc1cccc(NC(N)=O)c1. The summed E-state index contributed by atoms with van der Waals surface area (Å²) in [4.78, 5) is 23.0. The molecule has 3 amide bonds. The van der Waals surface area contributed by atoms with Crippen LogP contribution in [0.4, 0.5) is 16.2 Å². The molecule has 0 fully saturated rings. The van der Waals surface area contributed by atoms with Crippen molar-refractivity contribution in [1.29, 1.82) is 0 Å². The van der Waals surface area contributed by atoms with E-state index in [1.807, 2.05) is 6.92 Å². The van der Waals surface area contributed by atoms with E-state index in [2.05, 4.69) is 29.6 Å². The molecule has 0 radical (unpaired) electrons. The van der Waals surface area contributed by atoms with Gasteiger partial charge in [-0.25, -0.2) is 4.79 Å². The fourth-order valence-corrected chi connectivity index (χ4v) is 2.69. The molecule has 0 aliphatic rings. The number of halogens is 1. The molecule has 7 nitrogen and oxygen atoms in total. The number of carbonyl (C=O) groups excluding carboxylic acids is 2. The lowest BCUT2D eigenvalue weighted by Crippen LogP contribution is -2.19. The number of rotatable bonds is 6. The summed E-state index contributed by atoms with van der Waals surface area (Å²) >= 11 is 6.35. The molecule has 1 heterocycles. The standard InChI is InChI=1S/C18H22ClN5O2/c1-11(2)10-24-17(19)15(12(3)23-24)7-8-16(25)21-13-5-4-6-14(9-13)22-18(20)26/h4-9,11H,10H2,1-3H3,(H,21,25)(H3,20,22,26)/b8-7+. The minimum atomic E-state index is -0.670. The van der Waals surface area contributed by atoms with Crippen LogP contribution in [0.1, 0.15) is 25.1 Å². The molecule has 0 unspecified atom stereocenters. The average molecular weight is 376 g/mol. The molecule has 2 rings (SSSR count). The van der Waals surface area contributed by atoms with Gasteiger partial charge in [0.25, 0.3) is 0 Å². The molecule has 1 aromatic carbocycles. The molecular weight excluding hydrogens is 354 g/mol. The highest BCUT2D eigenvalue weighted by molar-refractivity contribution is 6.31. The largest absolute Gasteiger partial charge is 0.351 e. The minimum Gasteiger partial charge on any atom is -0.351 e. The van der Waals surface area contributed by atoms with Gasteiger partial charge in [-0.3, -0.25) is 9.48 Å². The van der Waals surface area contributed by atoms with Crippen LogP contribution in [0.25, 0.3) is 6.08 Å². The second-order valence-corrected chi connectivity index (χ2v) is 6.62. The van der Waals surface area contributed by atoms with Gasteiger partial charge in [0.05, 0.1) is 5.69 Å². The van der Waals surface area contributed by atoms with Crippen molar-refractivity contribution in [2.75, 3.05) is 10.6 Å². The Bertz CT molecular complexity index is 842. The zero-order chi connectivity index (χ0) is 19.3. The summed E-state index contributed by atoms with van der Waals surface area (Å²) in [6, 6.07) is 6.01. The lowest BCUT2D eigenvalue weighted by molar-refractivity contribution is -0.111. The third-order valence-corrected chi connectivity index (χ3v) is 3.85. The maximum atomic E-state index is 12.1. The highest BCUT2D eigenvalue weighted by Crippen LogP contribution is 2.22. The van der Waals surface area contributed by atoms with Gasteiger partial charge in [-0.1, -0.05) is 31.5 Å². The van der Waals surface area contributed by atoms with Crippen LogP contribution >= 0.6 is 11.6 Å². The average Bonchev–Trinajstić information content (AvgIpc) is 2.78. The van der Waals surface area contributed by atoms with Crippen LogP contribution in [0.15, 0.2) is 30.3 Å². The molecule has 0 spiro atoms. The van der Waals surface area contributed by atoms with Crippen molar-refractivity contribution in [2.24, 2.45) is 11.7 Å². The summed E-state index contributed by atoms with van der Waals surface area (Å²) in [5, 5.41) is 10.1. The van der Waals surface area contributed by atoms with Crippen LogP contribution in [0.3, 0.4) is 0 Å². The number of benzene rings is 1. The number of urea groups is 1. The van der Waals surface area contributed by atoms with Crippen molar-refractivity contribution in [3.63, 3.8) is 0 Å². The van der Waals surface area contributed by atoms with Crippen molar-refractivity contribution in [3.8, 4) is 0 Å². The van der Waals surface area contributed by atoms with Crippen molar-refractivity contribution in [1.82, 2.24) is 9.78 Å². The Morgan fingerprint density at radius 2 is 1.96 bits per heavy atom. The summed E-state index contributed by atoms with van der Waals surface area (Å²) in [6.07, 6.45) is 3.03. The molecule has 0 saturated carbocycles. The third kappa shape index (κ3) is 5.35. The fraction of sp³-hybridized carbons (Fsp3) is 0.278. The second kappa shape index (κ2) is 8.53. The molecule has 0 saturated heterocycles. The van der Waals surface area contributed by atoms with Crippen LogP contribution < -0.4 is 16.4 Å². The zero-order valence-corrected chi connectivity index (χ0v) is 15.7. The monoisotopic (exact) mass is 375 g/mol. The second-order valence-electron chi connectivity index (χ2n) is 6.26. The van der Waals surface area contributed by atoms with Gasteiger partial charge in [-0.15, -0.1) is 0 Å². The van der Waals surface area contributed by atoms with Crippen molar-refractivity contribution in [3.05, 3.63) is 46.8 Å². The summed E-state index contributed by atoms with van der Waals surface area (Å²) < 4.78 is 1.73. The van der Waals surface area contributed by atoms with Gasteiger partial charge in [-0.2, -0.15) is 5.10 Å². The van der Waals surface area contributed by atoms with E-state index in [1.165, 1.54) is 6.08 Å². The summed E-state index contributed by atoms with van der Waals surface area (Å²) in [5.41, 5.74) is 7.58. The van der Waals surface area contributed by atoms with E-state index in [0.717, 1.165) is 5.69 Å². The Hall–Kier alpha value is -2.80. The predicted octanol–water partition coefficient (Wildman–Crippen LogP) is 3.64. The zero-order valence-electron chi connectivity index (χ0n) is 14.9. The molecule has 26 heavy (non-hydrogen) atoms. The van der Waals surface area contributed by atoms with E-state index in [9.17, 15) is 9.59 Å². The van der Waals surface area contributed by atoms with Crippen LogP contribution in [-0.2, 0) is 11.3 Å². The Balaban J connectivity index is 2.08. The summed E-state index contributed by atoms with van der Waals surface area (Å²) in [7, 11) is 0. The van der Waals surface area contributed by atoms with Crippen molar-refractivity contribution in [2.45, 2.75) is 27.3 Å². The molecule has 0 aliphatic heterocycles. The van der Waals surface area contributed by atoms with E-state index < -0.39 is 6.03 Å². The maximum Gasteiger partial charge on any atom is 0.316 e. The highest BCUT2D eigenvalue weighted by Gasteiger charge is 2.12. The number of aromatic nitrogens is 2. The normalized spacial score (nSPS) is 11.1. The third-order valence-electron chi connectivity index (χ3n) is 3.45. The first-order valence-electron chi connectivity index (χ1n) is 8.14. The molecule has 2 aromatic rings.